The maximum Gasteiger partial charge on any atom is 0.256 e. The highest BCUT2D eigenvalue weighted by molar-refractivity contribution is 14.1. The number of amides is 1. The molecule has 2 aromatic carbocycles. The third kappa shape index (κ3) is 3.85. The van der Waals surface area contributed by atoms with E-state index in [1.165, 1.54) is 0 Å². The van der Waals surface area contributed by atoms with Crippen LogP contribution in [-0.4, -0.2) is 13.0 Å². The van der Waals surface area contributed by atoms with Gasteiger partial charge in [0.25, 0.3) is 5.91 Å². The Hall–Kier alpha value is -0.350. The zero-order valence-corrected chi connectivity index (χ0v) is 16.3. The minimum absolute atomic E-state index is 0.120. The highest BCUT2D eigenvalue weighted by atomic mass is 127. The van der Waals surface area contributed by atoms with Crippen molar-refractivity contribution in [2.45, 2.75) is 0 Å². The van der Waals surface area contributed by atoms with Crippen LogP contribution in [0.2, 0.25) is 0 Å². The summed E-state index contributed by atoms with van der Waals surface area (Å²) in [7, 11) is 1.60. The predicted octanol–water partition coefficient (Wildman–Crippen LogP) is 4.92. The van der Waals surface area contributed by atoms with Crippen molar-refractivity contribution in [3.05, 3.63) is 53.6 Å². The molecule has 0 atom stereocenters. The number of anilines is 1. The summed E-state index contributed by atoms with van der Waals surface area (Å²) in [4.78, 5) is 12.3. The molecule has 0 bridgehead atoms. The molecule has 0 saturated heterocycles. The van der Waals surface area contributed by atoms with Crippen LogP contribution in [0.15, 0.2) is 40.9 Å². The quantitative estimate of drug-likeness (QED) is 0.544. The van der Waals surface area contributed by atoms with E-state index in [4.69, 9.17) is 4.74 Å². The molecule has 0 aliphatic heterocycles. The van der Waals surface area contributed by atoms with E-state index < -0.39 is 0 Å². The number of hydrogen-bond donors (Lipinski definition) is 1. The van der Waals surface area contributed by atoms with Crippen LogP contribution in [-0.2, 0) is 0 Å². The number of hydrogen-bond acceptors (Lipinski definition) is 2. The van der Waals surface area contributed by atoms with E-state index >= 15 is 0 Å². The SMILES string of the molecule is COc1ccc(NC(=O)c2cc(I)ccc2I)cc1Br. The number of carbonyl (C=O) groups excluding carboxylic acids is 1. The molecule has 0 aliphatic carbocycles. The third-order valence-electron chi connectivity index (χ3n) is 2.58. The fourth-order valence-corrected chi connectivity index (χ4v) is 3.23. The highest BCUT2D eigenvalue weighted by Gasteiger charge is 2.11. The second-order valence-electron chi connectivity index (χ2n) is 3.93. The van der Waals surface area contributed by atoms with Gasteiger partial charge in [-0.05, 0) is 97.5 Å². The standard InChI is InChI=1S/C14H10BrI2NO2/c1-20-13-5-3-9(7-11(13)15)18-14(19)10-6-8(16)2-4-12(10)17/h2-7H,1H3,(H,18,19). The van der Waals surface area contributed by atoms with E-state index in [1.54, 1.807) is 13.2 Å². The lowest BCUT2D eigenvalue weighted by atomic mass is 10.2. The Kier molecular flexibility index (Phi) is 5.67. The monoisotopic (exact) mass is 557 g/mol. The molecule has 0 spiro atoms. The van der Waals surface area contributed by atoms with Crippen LogP contribution in [0.1, 0.15) is 10.4 Å². The number of methoxy groups -OCH3 is 1. The minimum Gasteiger partial charge on any atom is -0.496 e. The largest absolute Gasteiger partial charge is 0.496 e. The Labute approximate surface area is 152 Å². The first kappa shape index (κ1) is 16.0. The third-order valence-corrected chi connectivity index (χ3v) is 4.81. The summed E-state index contributed by atoms with van der Waals surface area (Å²) in [6.45, 7) is 0. The molecule has 0 aliphatic rings. The van der Waals surface area contributed by atoms with Crippen LogP contribution in [0.3, 0.4) is 0 Å². The first-order valence-corrected chi connectivity index (χ1v) is 8.56. The maximum absolute atomic E-state index is 12.3. The van der Waals surface area contributed by atoms with Gasteiger partial charge in [0, 0.05) is 12.8 Å². The topological polar surface area (TPSA) is 38.3 Å². The van der Waals surface area contributed by atoms with Crippen molar-refractivity contribution in [3.8, 4) is 5.75 Å². The van der Waals surface area contributed by atoms with Crippen molar-refractivity contribution in [1.82, 2.24) is 0 Å². The smallest absolute Gasteiger partial charge is 0.256 e. The fraction of sp³-hybridized carbons (Fsp3) is 0.0714. The molecule has 6 heteroatoms. The zero-order chi connectivity index (χ0) is 14.7. The predicted molar refractivity (Wildman–Crippen MR) is 101 cm³/mol. The molecule has 3 nitrogen and oxygen atoms in total. The van der Waals surface area contributed by atoms with Crippen LogP contribution < -0.4 is 10.1 Å². The molecule has 20 heavy (non-hydrogen) atoms. The van der Waals surface area contributed by atoms with Gasteiger partial charge < -0.3 is 10.1 Å². The number of carbonyl (C=O) groups is 1. The van der Waals surface area contributed by atoms with Gasteiger partial charge in [-0.2, -0.15) is 0 Å². The Morgan fingerprint density at radius 2 is 1.95 bits per heavy atom. The van der Waals surface area contributed by atoms with E-state index in [1.807, 2.05) is 30.3 Å². The highest BCUT2D eigenvalue weighted by Crippen LogP contribution is 2.28. The number of ether oxygens (including phenoxy) is 1. The van der Waals surface area contributed by atoms with Gasteiger partial charge in [0.15, 0.2) is 0 Å². The van der Waals surface area contributed by atoms with Gasteiger partial charge in [-0.3, -0.25) is 4.79 Å². The van der Waals surface area contributed by atoms with Crippen molar-refractivity contribution in [1.29, 1.82) is 0 Å². The molecule has 1 amide bonds. The summed E-state index contributed by atoms with van der Waals surface area (Å²) in [5.41, 5.74) is 1.39. The Morgan fingerprint density at radius 1 is 1.20 bits per heavy atom. The Balaban J connectivity index is 2.23. The van der Waals surface area contributed by atoms with Crippen LogP contribution in [0.25, 0.3) is 0 Å². The molecular formula is C14H10BrI2NO2. The van der Waals surface area contributed by atoms with Gasteiger partial charge in [-0.25, -0.2) is 0 Å². The van der Waals surface area contributed by atoms with Gasteiger partial charge >= 0.3 is 0 Å². The summed E-state index contributed by atoms with van der Waals surface area (Å²) in [6.07, 6.45) is 0. The number of nitrogens with one attached hydrogen (secondary N) is 1. The van der Waals surface area contributed by atoms with Gasteiger partial charge in [0.2, 0.25) is 0 Å². The van der Waals surface area contributed by atoms with Gasteiger partial charge in [-0.1, -0.05) is 0 Å². The van der Waals surface area contributed by atoms with Crippen LogP contribution in [0.4, 0.5) is 5.69 Å². The molecule has 2 aromatic rings. The lowest BCUT2D eigenvalue weighted by molar-refractivity contribution is 0.102. The summed E-state index contributed by atoms with van der Waals surface area (Å²) >= 11 is 7.75. The summed E-state index contributed by atoms with van der Waals surface area (Å²) in [5, 5.41) is 2.89. The van der Waals surface area contributed by atoms with Crippen molar-refractivity contribution in [2.75, 3.05) is 12.4 Å². The first-order valence-electron chi connectivity index (χ1n) is 5.61. The zero-order valence-electron chi connectivity index (χ0n) is 10.4. The number of benzene rings is 2. The molecule has 0 radical (unpaired) electrons. The molecule has 0 unspecified atom stereocenters. The molecule has 0 heterocycles. The minimum atomic E-state index is -0.120. The molecular weight excluding hydrogens is 548 g/mol. The van der Waals surface area contributed by atoms with E-state index in [9.17, 15) is 4.79 Å². The van der Waals surface area contributed by atoms with E-state index in [2.05, 4.69) is 66.4 Å². The second-order valence-corrected chi connectivity index (χ2v) is 7.19. The lowest BCUT2D eigenvalue weighted by Gasteiger charge is -2.09. The number of halogens is 3. The molecule has 0 saturated carbocycles. The second kappa shape index (κ2) is 7.08. The Morgan fingerprint density at radius 3 is 2.60 bits per heavy atom. The summed E-state index contributed by atoms with van der Waals surface area (Å²) in [6, 6.07) is 11.2. The van der Waals surface area contributed by atoms with Crippen molar-refractivity contribution < 1.29 is 9.53 Å². The lowest BCUT2D eigenvalue weighted by Crippen LogP contribution is -2.13. The van der Waals surface area contributed by atoms with Crippen LogP contribution in [0.5, 0.6) is 5.75 Å². The average Bonchev–Trinajstić information content (AvgIpc) is 2.41. The average molecular weight is 558 g/mol. The molecule has 0 aromatic heterocycles. The fourth-order valence-electron chi connectivity index (χ4n) is 1.61. The van der Waals surface area contributed by atoms with Gasteiger partial charge in [-0.15, -0.1) is 0 Å². The van der Waals surface area contributed by atoms with Crippen molar-refractivity contribution in [3.63, 3.8) is 0 Å². The number of rotatable bonds is 3. The first-order chi connectivity index (χ1) is 9.51. The molecule has 2 rings (SSSR count). The van der Waals surface area contributed by atoms with Crippen LogP contribution in [0, 0.1) is 7.14 Å². The maximum atomic E-state index is 12.3. The van der Waals surface area contributed by atoms with Gasteiger partial charge in [0.1, 0.15) is 5.75 Å². The summed E-state index contributed by atoms with van der Waals surface area (Å²) in [5.74, 6) is 0.608. The van der Waals surface area contributed by atoms with Crippen LogP contribution >= 0.6 is 61.1 Å². The molecule has 1 N–H and O–H groups in total. The van der Waals surface area contributed by atoms with Crippen molar-refractivity contribution in [2.24, 2.45) is 0 Å². The van der Waals surface area contributed by atoms with E-state index in [-0.39, 0.29) is 5.91 Å². The van der Waals surface area contributed by atoms with E-state index in [0.717, 1.165) is 23.0 Å². The molecule has 0 fully saturated rings. The normalized spacial score (nSPS) is 10.2. The van der Waals surface area contributed by atoms with Gasteiger partial charge in [0.05, 0.1) is 17.1 Å². The summed E-state index contributed by atoms with van der Waals surface area (Å²) < 4.78 is 7.92. The Bertz CT molecular complexity index is 662. The van der Waals surface area contributed by atoms with Crippen molar-refractivity contribution >= 4 is 72.7 Å². The van der Waals surface area contributed by atoms with E-state index in [0.29, 0.717) is 5.56 Å². The molecule has 104 valence electrons.